The molecule has 2 amide bonds. The van der Waals surface area contributed by atoms with Crippen LogP contribution in [0.3, 0.4) is 0 Å². The van der Waals surface area contributed by atoms with E-state index < -0.39 is 5.92 Å². The molecule has 0 aromatic heterocycles. The number of hydrogen-bond donors (Lipinski definition) is 1. The van der Waals surface area contributed by atoms with Crippen molar-refractivity contribution in [2.75, 3.05) is 31.1 Å². The van der Waals surface area contributed by atoms with Gasteiger partial charge in [-0.2, -0.15) is 0 Å². The molecule has 0 unspecified atom stereocenters. The lowest BCUT2D eigenvalue weighted by Crippen LogP contribution is -2.41. The van der Waals surface area contributed by atoms with Crippen LogP contribution in [-0.4, -0.2) is 42.9 Å². The summed E-state index contributed by atoms with van der Waals surface area (Å²) < 4.78 is 0. The molecular weight excluding hydrogens is 422 g/mol. The topological polar surface area (TPSA) is 52.7 Å². The molecule has 2 heterocycles. The van der Waals surface area contributed by atoms with Gasteiger partial charge in [0.05, 0.1) is 0 Å². The second kappa shape index (κ2) is 10.5. The molecule has 2 aromatic carbocycles. The number of carbonyl (C=O) groups is 2. The number of anilines is 1. The van der Waals surface area contributed by atoms with E-state index in [0.717, 1.165) is 49.6 Å². The van der Waals surface area contributed by atoms with Crippen LogP contribution in [-0.2, 0) is 22.6 Å². The number of nitrogens with zero attached hydrogens (tertiary/aromatic N) is 2. The van der Waals surface area contributed by atoms with E-state index in [2.05, 4.69) is 41.4 Å². The van der Waals surface area contributed by atoms with Gasteiger partial charge in [-0.3, -0.25) is 14.5 Å². The lowest BCUT2D eigenvalue weighted by Gasteiger charge is -2.32. The number of amides is 2. The summed E-state index contributed by atoms with van der Waals surface area (Å²) in [7, 11) is 0. The van der Waals surface area contributed by atoms with Gasteiger partial charge in [-0.05, 0) is 80.1 Å². The van der Waals surface area contributed by atoms with Crippen molar-refractivity contribution in [2.24, 2.45) is 11.8 Å². The fraction of sp³-hybridized carbons (Fsp3) is 0.462. The minimum atomic E-state index is -0.564. The van der Waals surface area contributed by atoms with E-state index in [9.17, 15) is 9.59 Å². The van der Waals surface area contributed by atoms with Gasteiger partial charge in [0.15, 0.2) is 0 Å². The number of likely N-dealkylation sites (tertiary alicyclic amines) is 1. The number of rotatable bonds is 7. The Labute approximate surface area is 195 Å². The number of aryl methyl sites for hydroxylation is 1. The van der Waals surface area contributed by atoms with Crippen LogP contribution in [0.15, 0.2) is 48.5 Å². The molecule has 0 spiro atoms. The van der Waals surface area contributed by atoms with Crippen molar-refractivity contribution in [3.05, 3.63) is 64.7 Å². The van der Waals surface area contributed by atoms with Crippen LogP contribution in [0.5, 0.6) is 0 Å². The predicted octanol–water partition coefficient (Wildman–Crippen LogP) is 4.28. The zero-order valence-corrected chi connectivity index (χ0v) is 19.5. The smallest absolute Gasteiger partial charge is 0.239 e. The number of nitrogens with one attached hydrogen (secondary N) is 1. The molecule has 5 nitrogen and oxygen atoms in total. The number of halogens is 1. The summed E-state index contributed by atoms with van der Waals surface area (Å²) in [5, 5.41) is 3.83. The standard InChI is InChI=1S/C26H32ClN3O2/c1-2-19-5-9-23(10-6-19)30-16-13-24(26(30)32)25(31)28-17-20-11-14-29(15-12-20)18-21-3-7-22(27)8-4-21/h3-10,20,24H,2,11-18H2,1H3,(H,28,31)/t24-/m1/s1. The summed E-state index contributed by atoms with van der Waals surface area (Å²) >= 11 is 5.97. The van der Waals surface area contributed by atoms with Gasteiger partial charge < -0.3 is 10.2 Å². The first-order chi connectivity index (χ1) is 15.5. The first-order valence-corrected chi connectivity index (χ1v) is 12.1. The summed E-state index contributed by atoms with van der Waals surface area (Å²) in [4.78, 5) is 29.8. The largest absolute Gasteiger partial charge is 0.355 e. The molecule has 2 fully saturated rings. The third-order valence-corrected chi connectivity index (χ3v) is 7.02. The highest BCUT2D eigenvalue weighted by molar-refractivity contribution is 6.30. The van der Waals surface area contributed by atoms with E-state index in [4.69, 9.17) is 11.6 Å². The Morgan fingerprint density at radius 1 is 0.969 bits per heavy atom. The van der Waals surface area contributed by atoms with Crippen molar-refractivity contribution < 1.29 is 9.59 Å². The Kier molecular flexibility index (Phi) is 7.48. The van der Waals surface area contributed by atoms with Gasteiger partial charge in [0.25, 0.3) is 0 Å². The number of hydrogen-bond acceptors (Lipinski definition) is 3. The lowest BCUT2D eigenvalue weighted by molar-refractivity contribution is -0.132. The SMILES string of the molecule is CCc1ccc(N2CC[C@H](C(=O)NCC3CCN(Cc4ccc(Cl)cc4)CC3)C2=O)cc1. The van der Waals surface area contributed by atoms with E-state index in [1.165, 1.54) is 11.1 Å². The predicted molar refractivity (Wildman–Crippen MR) is 129 cm³/mol. The van der Waals surface area contributed by atoms with Crippen molar-refractivity contribution >= 4 is 29.1 Å². The number of benzene rings is 2. The fourth-order valence-electron chi connectivity index (χ4n) is 4.66. The monoisotopic (exact) mass is 453 g/mol. The minimum Gasteiger partial charge on any atom is -0.355 e. The summed E-state index contributed by atoms with van der Waals surface area (Å²) in [5.41, 5.74) is 3.40. The Morgan fingerprint density at radius 2 is 1.62 bits per heavy atom. The van der Waals surface area contributed by atoms with Gasteiger partial charge in [-0.1, -0.05) is 42.8 Å². The Balaban J connectivity index is 1.21. The molecule has 1 atom stereocenters. The second-order valence-corrected chi connectivity index (χ2v) is 9.38. The van der Waals surface area contributed by atoms with Crippen molar-refractivity contribution in [1.29, 1.82) is 0 Å². The van der Waals surface area contributed by atoms with Crippen molar-refractivity contribution in [2.45, 2.75) is 39.2 Å². The summed E-state index contributed by atoms with van der Waals surface area (Å²) in [6.45, 7) is 6.34. The average Bonchev–Trinajstić information content (AvgIpc) is 3.21. The molecule has 0 bridgehead atoms. The zero-order chi connectivity index (χ0) is 22.5. The maximum absolute atomic E-state index is 12.8. The summed E-state index contributed by atoms with van der Waals surface area (Å²) in [5.74, 6) is -0.295. The summed E-state index contributed by atoms with van der Waals surface area (Å²) in [6.07, 6.45) is 3.67. The average molecular weight is 454 g/mol. The van der Waals surface area contributed by atoms with Crippen molar-refractivity contribution in [3.8, 4) is 0 Å². The van der Waals surface area contributed by atoms with Gasteiger partial charge in [0, 0.05) is 30.3 Å². The molecule has 2 aliphatic heterocycles. The van der Waals surface area contributed by atoms with Crippen LogP contribution in [0.2, 0.25) is 5.02 Å². The quantitative estimate of drug-likeness (QED) is 0.636. The molecule has 170 valence electrons. The highest BCUT2D eigenvalue weighted by Gasteiger charge is 2.37. The Morgan fingerprint density at radius 3 is 2.28 bits per heavy atom. The second-order valence-electron chi connectivity index (χ2n) is 8.94. The lowest BCUT2D eigenvalue weighted by atomic mass is 9.96. The molecule has 6 heteroatoms. The molecule has 2 aliphatic rings. The van der Waals surface area contributed by atoms with Crippen LogP contribution in [0, 0.1) is 11.8 Å². The van der Waals surface area contributed by atoms with Crippen molar-refractivity contribution in [1.82, 2.24) is 10.2 Å². The molecule has 0 saturated carbocycles. The third-order valence-electron chi connectivity index (χ3n) is 6.77. The van der Waals surface area contributed by atoms with Crippen LogP contribution in [0.25, 0.3) is 0 Å². The van der Waals surface area contributed by atoms with Crippen LogP contribution < -0.4 is 10.2 Å². The molecule has 32 heavy (non-hydrogen) atoms. The molecule has 2 aromatic rings. The fourth-order valence-corrected chi connectivity index (χ4v) is 4.78. The highest BCUT2D eigenvalue weighted by Crippen LogP contribution is 2.26. The molecular formula is C26H32ClN3O2. The molecule has 1 N–H and O–H groups in total. The maximum atomic E-state index is 12.8. The first-order valence-electron chi connectivity index (χ1n) is 11.7. The van der Waals surface area contributed by atoms with E-state index in [-0.39, 0.29) is 11.8 Å². The first kappa shape index (κ1) is 22.8. The van der Waals surface area contributed by atoms with E-state index >= 15 is 0 Å². The van der Waals surface area contributed by atoms with Crippen LogP contribution >= 0.6 is 11.6 Å². The molecule has 2 saturated heterocycles. The Bertz CT molecular complexity index is 921. The van der Waals surface area contributed by atoms with E-state index in [1.807, 2.05) is 24.3 Å². The number of piperidine rings is 1. The van der Waals surface area contributed by atoms with Gasteiger partial charge >= 0.3 is 0 Å². The van der Waals surface area contributed by atoms with Gasteiger partial charge in [-0.25, -0.2) is 0 Å². The van der Waals surface area contributed by atoms with E-state index in [1.54, 1.807) is 4.90 Å². The van der Waals surface area contributed by atoms with Gasteiger partial charge in [0.2, 0.25) is 11.8 Å². The molecule has 0 aliphatic carbocycles. The third kappa shape index (κ3) is 5.51. The Hall–Kier alpha value is -2.37. The van der Waals surface area contributed by atoms with Gasteiger partial charge in [-0.15, -0.1) is 0 Å². The minimum absolute atomic E-state index is 0.0791. The zero-order valence-electron chi connectivity index (χ0n) is 18.7. The molecule has 4 rings (SSSR count). The number of carbonyl (C=O) groups excluding carboxylic acids is 2. The summed E-state index contributed by atoms with van der Waals surface area (Å²) in [6, 6.07) is 16.1. The highest BCUT2D eigenvalue weighted by atomic mass is 35.5. The maximum Gasteiger partial charge on any atom is 0.239 e. The van der Waals surface area contributed by atoms with Crippen molar-refractivity contribution in [3.63, 3.8) is 0 Å². The van der Waals surface area contributed by atoms with E-state index in [0.29, 0.717) is 25.4 Å². The normalized spacial score (nSPS) is 20.0. The van der Waals surface area contributed by atoms with Crippen LogP contribution in [0.1, 0.15) is 37.3 Å². The van der Waals surface area contributed by atoms with Crippen LogP contribution in [0.4, 0.5) is 5.69 Å². The van der Waals surface area contributed by atoms with Gasteiger partial charge in [0.1, 0.15) is 5.92 Å². The molecule has 0 radical (unpaired) electrons.